The van der Waals surface area contributed by atoms with E-state index < -0.39 is 0 Å². The Morgan fingerprint density at radius 3 is 2.64 bits per heavy atom. The van der Waals surface area contributed by atoms with Gasteiger partial charge in [0.1, 0.15) is 0 Å². The van der Waals surface area contributed by atoms with Crippen molar-refractivity contribution in [2.75, 3.05) is 5.32 Å². The standard InChI is InChI=1S/C13H15N/c1-11(12-7-5-6-8-12)14-13-9-3-2-4-10-13/h2-5,7-11,14H,6H2,1H3. The molecule has 1 aliphatic rings. The third-order valence-corrected chi connectivity index (χ3v) is 2.46. The van der Waals surface area contributed by atoms with E-state index in [9.17, 15) is 0 Å². The molecular weight excluding hydrogens is 170 g/mol. The van der Waals surface area contributed by atoms with Gasteiger partial charge in [0.15, 0.2) is 0 Å². The predicted octanol–water partition coefficient (Wildman–Crippen LogP) is 3.37. The molecule has 0 aliphatic heterocycles. The smallest absolute Gasteiger partial charge is 0.0482 e. The Morgan fingerprint density at radius 2 is 2.00 bits per heavy atom. The molecule has 1 unspecified atom stereocenters. The van der Waals surface area contributed by atoms with Crippen LogP contribution in [0.3, 0.4) is 0 Å². The first kappa shape index (κ1) is 9.07. The van der Waals surface area contributed by atoms with E-state index in [4.69, 9.17) is 0 Å². The van der Waals surface area contributed by atoms with Gasteiger partial charge in [-0.15, -0.1) is 0 Å². The fraction of sp³-hybridized carbons (Fsp3) is 0.231. The normalized spacial score (nSPS) is 16.5. The Bertz CT molecular complexity index is 349. The molecule has 0 spiro atoms. The lowest BCUT2D eigenvalue weighted by Crippen LogP contribution is -2.16. The lowest BCUT2D eigenvalue weighted by molar-refractivity contribution is 0.954. The van der Waals surface area contributed by atoms with Crippen molar-refractivity contribution in [3.05, 3.63) is 54.1 Å². The summed E-state index contributed by atoms with van der Waals surface area (Å²) >= 11 is 0. The summed E-state index contributed by atoms with van der Waals surface area (Å²) in [5.41, 5.74) is 2.56. The number of benzene rings is 1. The Morgan fingerprint density at radius 1 is 1.21 bits per heavy atom. The number of anilines is 1. The second-order valence-electron chi connectivity index (χ2n) is 3.57. The van der Waals surface area contributed by atoms with Crippen LogP contribution in [0.4, 0.5) is 5.69 Å². The van der Waals surface area contributed by atoms with Gasteiger partial charge in [0.05, 0.1) is 0 Å². The molecule has 0 saturated heterocycles. The van der Waals surface area contributed by atoms with Crippen LogP contribution in [0.15, 0.2) is 54.1 Å². The number of rotatable bonds is 3. The second-order valence-corrected chi connectivity index (χ2v) is 3.57. The number of allylic oxidation sites excluding steroid dienone is 2. The van der Waals surface area contributed by atoms with Crippen molar-refractivity contribution in [3.63, 3.8) is 0 Å². The zero-order valence-corrected chi connectivity index (χ0v) is 8.40. The Hall–Kier alpha value is -1.50. The molecule has 0 saturated carbocycles. The first-order valence-electron chi connectivity index (χ1n) is 5.04. The number of para-hydroxylation sites is 1. The molecule has 2 rings (SSSR count). The molecule has 14 heavy (non-hydrogen) atoms. The zero-order valence-electron chi connectivity index (χ0n) is 8.40. The molecule has 1 N–H and O–H groups in total. The molecule has 1 heteroatoms. The average Bonchev–Trinajstić information content (AvgIpc) is 2.72. The fourth-order valence-electron chi connectivity index (χ4n) is 1.67. The summed E-state index contributed by atoms with van der Waals surface area (Å²) in [6.07, 6.45) is 7.73. The molecule has 0 bridgehead atoms. The minimum Gasteiger partial charge on any atom is -0.379 e. The van der Waals surface area contributed by atoms with Crippen LogP contribution in [-0.2, 0) is 0 Å². The highest BCUT2D eigenvalue weighted by Crippen LogP contribution is 2.17. The van der Waals surface area contributed by atoms with Crippen LogP contribution in [-0.4, -0.2) is 6.04 Å². The molecule has 0 aromatic heterocycles. The van der Waals surface area contributed by atoms with Crippen molar-refractivity contribution in [1.82, 2.24) is 0 Å². The van der Waals surface area contributed by atoms with Gasteiger partial charge < -0.3 is 5.32 Å². The lowest BCUT2D eigenvalue weighted by atomic mass is 10.1. The van der Waals surface area contributed by atoms with E-state index in [2.05, 4.69) is 42.6 Å². The Kier molecular flexibility index (Phi) is 2.68. The van der Waals surface area contributed by atoms with Gasteiger partial charge in [-0.3, -0.25) is 0 Å². The largest absolute Gasteiger partial charge is 0.379 e. The average molecular weight is 185 g/mol. The van der Waals surface area contributed by atoms with E-state index >= 15 is 0 Å². The van der Waals surface area contributed by atoms with Crippen LogP contribution in [0.2, 0.25) is 0 Å². The van der Waals surface area contributed by atoms with Crippen molar-refractivity contribution < 1.29 is 0 Å². The molecule has 0 radical (unpaired) electrons. The van der Waals surface area contributed by atoms with E-state index in [0.717, 1.165) is 6.42 Å². The van der Waals surface area contributed by atoms with Crippen LogP contribution in [0, 0.1) is 0 Å². The second kappa shape index (κ2) is 4.14. The van der Waals surface area contributed by atoms with Crippen molar-refractivity contribution in [2.24, 2.45) is 0 Å². The van der Waals surface area contributed by atoms with Crippen LogP contribution in [0.1, 0.15) is 13.3 Å². The fourth-order valence-corrected chi connectivity index (χ4v) is 1.67. The van der Waals surface area contributed by atoms with Crippen molar-refractivity contribution in [2.45, 2.75) is 19.4 Å². The summed E-state index contributed by atoms with van der Waals surface area (Å²) in [6.45, 7) is 2.19. The van der Waals surface area contributed by atoms with Gasteiger partial charge in [0.2, 0.25) is 0 Å². The monoisotopic (exact) mass is 185 g/mol. The Labute approximate surface area is 85.2 Å². The van der Waals surface area contributed by atoms with Crippen LogP contribution in [0.25, 0.3) is 0 Å². The molecule has 1 nitrogen and oxygen atoms in total. The van der Waals surface area contributed by atoms with Gasteiger partial charge in [0, 0.05) is 11.7 Å². The van der Waals surface area contributed by atoms with Crippen molar-refractivity contribution in [3.8, 4) is 0 Å². The molecule has 0 fully saturated rings. The lowest BCUT2D eigenvalue weighted by Gasteiger charge is -2.15. The maximum atomic E-state index is 3.46. The highest BCUT2D eigenvalue weighted by Gasteiger charge is 2.07. The highest BCUT2D eigenvalue weighted by molar-refractivity contribution is 5.47. The third kappa shape index (κ3) is 2.05. The minimum atomic E-state index is 0.399. The quantitative estimate of drug-likeness (QED) is 0.761. The number of hydrogen-bond acceptors (Lipinski definition) is 1. The van der Waals surface area contributed by atoms with Crippen molar-refractivity contribution in [1.29, 1.82) is 0 Å². The summed E-state index contributed by atoms with van der Waals surface area (Å²) in [5.74, 6) is 0. The zero-order chi connectivity index (χ0) is 9.80. The van der Waals surface area contributed by atoms with Gasteiger partial charge in [-0.25, -0.2) is 0 Å². The maximum absolute atomic E-state index is 3.46. The van der Waals surface area contributed by atoms with Gasteiger partial charge >= 0.3 is 0 Å². The molecular formula is C13H15N. The number of nitrogens with one attached hydrogen (secondary N) is 1. The summed E-state index contributed by atoms with van der Waals surface area (Å²) in [6, 6.07) is 10.7. The minimum absolute atomic E-state index is 0.399. The predicted molar refractivity (Wildman–Crippen MR) is 61.4 cm³/mol. The third-order valence-electron chi connectivity index (χ3n) is 2.46. The number of hydrogen-bond donors (Lipinski definition) is 1. The van der Waals surface area contributed by atoms with E-state index in [-0.39, 0.29) is 0 Å². The molecule has 1 aromatic carbocycles. The van der Waals surface area contributed by atoms with E-state index in [0.29, 0.717) is 6.04 Å². The van der Waals surface area contributed by atoms with Gasteiger partial charge in [-0.2, -0.15) is 0 Å². The topological polar surface area (TPSA) is 12.0 Å². The molecule has 1 aromatic rings. The summed E-state index contributed by atoms with van der Waals surface area (Å²) in [7, 11) is 0. The highest BCUT2D eigenvalue weighted by atomic mass is 14.9. The van der Waals surface area contributed by atoms with Crippen LogP contribution < -0.4 is 5.32 Å². The van der Waals surface area contributed by atoms with Crippen LogP contribution in [0.5, 0.6) is 0 Å². The van der Waals surface area contributed by atoms with Gasteiger partial charge in [0.25, 0.3) is 0 Å². The molecule has 0 heterocycles. The first-order valence-corrected chi connectivity index (χ1v) is 5.04. The van der Waals surface area contributed by atoms with E-state index in [1.165, 1.54) is 11.3 Å². The van der Waals surface area contributed by atoms with Crippen LogP contribution >= 0.6 is 0 Å². The van der Waals surface area contributed by atoms with Crippen molar-refractivity contribution >= 4 is 5.69 Å². The first-order chi connectivity index (χ1) is 6.86. The maximum Gasteiger partial charge on any atom is 0.0482 e. The van der Waals surface area contributed by atoms with E-state index in [1.54, 1.807) is 0 Å². The molecule has 0 amide bonds. The summed E-state index contributed by atoms with van der Waals surface area (Å²) < 4.78 is 0. The Balaban J connectivity index is 2.01. The molecule has 1 atom stereocenters. The summed E-state index contributed by atoms with van der Waals surface area (Å²) in [4.78, 5) is 0. The SMILES string of the molecule is CC(Nc1ccccc1)C1=CCC=C1. The molecule has 1 aliphatic carbocycles. The summed E-state index contributed by atoms with van der Waals surface area (Å²) in [5, 5.41) is 3.46. The van der Waals surface area contributed by atoms with Gasteiger partial charge in [-0.1, -0.05) is 36.4 Å². The molecule has 72 valence electrons. The van der Waals surface area contributed by atoms with Gasteiger partial charge in [-0.05, 0) is 31.1 Å². The van der Waals surface area contributed by atoms with E-state index in [1.807, 2.05) is 18.2 Å².